The molecule has 1 N–H and O–H groups in total. The van der Waals surface area contributed by atoms with Gasteiger partial charge in [0.15, 0.2) is 0 Å². The topological polar surface area (TPSA) is 71.3 Å². The van der Waals surface area contributed by atoms with Crippen molar-refractivity contribution < 1.29 is 14.3 Å². The van der Waals surface area contributed by atoms with E-state index in [4.69, 9.17) is 9.47 Å². The van der Waals surface area contributed by atoms with Gasteiger partial charge in [0.2, 0.25) is 0 Å². The van der Waals surface area contributed by atoms with Gasteiger partial charge in [-0.25, -0.2) is 0 Å². The Morgan fingerprint density at radius 1 is 1.40 bits per heavy atom. The molecule has 0 saturated carbocycles. The highest BCUT2D eigenvalue weighted by atomic mass is 16.5. The molecule has 1 aromatic rings. The van der Waals surface area contributed by atoms with E-state index in [0.717, 1.165) is 43.6 Å². The van der Waals surface area contributed by atoms with Crippen molar-refractivity contribution in [1.29, 1.82) is 5.26 Å². The van der Waals surface area contributed by atoms with Crippen LogP contribution in [0.2, 0.25) is 0 Å². The molecule has 2 rings (SSSR count). The summed E-state index contributed by atoms with van der Waals surface area (Å²) in [5.41, 5.74) is 0.888. The van der Waals surface area contributed by atoms with Gasteiger partial charge < -0.3 is 14.8 Å². The average Bonchev–Trinajstić information content (AvgIpc) is 3.16. The predicted octanol–water partition coefficient (Wildman–Crippen LogP) is 3.46. The quantitative estimate of drug-likeness (QED) is 0.424. The third-order valence-corrected chi connectivity index (χ3v) is 4.09. The molecule has 25 heavy (non-hydrogen) atoms. The maximum atomic E-state index is 12.1. The second-order valence-electron chi connectivity index (χ2n) is 6.14. The van der Waals surface area contributed by atoms with E-state index >= 15 is 0 Å². The SMILES string of the molecule is CCCCCOc1ccc(/C=C(\C#N)C(=O)NC[C@@H]2CCCO2)cc1. The third kappa shape index (κ3) is 6.60. The molecule has 1 aliphatic heterocycles. The largest absolute Gasteiger partial charge is 0.494 e. The maximum absolute atomic E-state index is 12.1. The fourth-order valence-corrected chi connectivity index (χ4v) is 2.62. The van der Waals surface area contributed by atoms with Crippen LogP contribution in [-0.2, 0) is 9.53 Å². The van der Waals surface area contributed by atoms with E-state index in [0.29, 0.717) is 13.2 Å². The number of hydrogen-bond donors (Lipinski definition) is 1. The molecule has 0 aromatic heterocycles. The molecule has 5 nitrogen and oxygen atoms in total. The molecule has 1 atom stereocenters. The highest BCUT2D eigenvalue weighted by molar-refractivity contribution is 6.01. The van der Waals surface area contributed by atoms with Crippen LogP contribution in [0.3, 0.4) is 0 Å². The van der Waals surface area contributed by atoms with Gasteiger partial charge in [0.25, 0.3) is 5.91 Å². The Morgan fingerprint density at radius 2 is 2.20 bits per heavy atom. The number of amides is 1. The molecule has 0 bridgehead atoms. The van der Waals surface area contributed by atoms with Crippen molar-refractivity contribution in [1.82, 2.24) is 5.32 Å². The number of nitrogens with zero attached hydrogens (tertiary/aromatic N) is 1. The van der Waals surface area contributed by atoms with Gasteiger partial charge in [-0.2, -0.15) is 5.26 Å². The van der Waals surface area contributed by atoms with Crippen molar-refractivity contribution in [3.05, 3.63) is 35.4 Å². The van der Waals surface area contributed by atoms with E-state index in [1.54, 1.807) is 6.08 Å². The zero-order valence-electron chi connectivity index (χ0n) is 14.8. The molecule has 1 heterocycles. The summed E-state index contributed by atoms with van der Waals surface area (Å²) in [5, 5.41) is 12.0. The molecule has 0 spiro atoms. The number of rotatable bonds is 9. The lowest BCUT2D eigenvalue weighted by Crippen LogP contribution is -2.32. The van der Waals surface area contributed by atoms with Crippen molar-refractivity contribution >= 4 is 12.0 Å². The summed E-state index contributed by atoms with van der Waals surface area (Å²) in [6.45, 7) is 4.06. The minimum atomic E-state index is -0.363. The lowest BCUT2D eigenvalue weighted by Gasteiger charge is -2.10. The van der Waals surface area contributed by atoms with E-state index in [9.17, 15) is 10.1 Å². The number of carbonyl (C=O) groups is 1. The van der Waals surface area contributed by atoms with E-state index in [1.807, 2.05) is 30.3 Å². The summed E-state index contributed by atoms with van der Waals surface area (Å²) in [5.74, 6) is 0.437. The molecule has 5 heteroatoms. The summed E-state index contributed by atoms with van der Waals surface area (Å²) in [6, 6.07) is 9.38. The Balaban J connectivity index is 1.87. The first-order chi connectivity index (χ1) is 12.2. The molecule has 1 aliphatic rings. The average molecular weight is 342 g/mol. The normalized spacial score (nSPS) is 17.1. The van der Waals surface area contributed by atoms with Gasteiger partial charge in [-0.3, -0.25) is 4.79 Å². The number of hydrogen-bond acceptors (Lipinski definition) is 4. The van der Waals surface area contributed by atoms with Crippen LogP contribution in [-0.4, -0.2) is 31.8 Å². The Labute approximate surface area is 149 Å². The maximum Gasteiger partial charge on any atom is 0.262 e. The molecule has 0 aliphatic carbocycles. The summed E-state index contributed by atoms with van der Waals surface area (Å²) in [4.78, 5) is 12.1. The van der Waals surface area contributed by atoms with E-state index < -0.39 is 0 Å². The fraction of sp³-hybridized carbons (Fsp3) is 0.500. The number of ether oxygens (including phenoxy) is 2. The molecular formula is C20H26N2O3. The molecule has 0 unspecified atom stereocenters. The molecule has 134 valence electrons. The number of nitriles is 1. The lowest BCUT2D eigenvalue weighted by atomic mass is 10.1. The van der Waals surface area contributed by atoms with Gasteiger partial charge in [0.1, 0.15) is 17.4 Å². The van der Waals surface area contributed by atoms with E-state index in [-0.39, 0.29) is 17.6 Å². The minimum absolute atomic E-state index is 0.0630. The molecule has 1 fully saturated rings. The summed E-state index contributed by atoms with van der Waals surface area (Å²) < 4.78 is 11.1. The number of carbonyl (C=O) groups excluding carboxylic acids is 1. The van der Waals surface area contributed by atoms with Crippen LogP contribution in [0.4, 0.5) is 0 Å². The number of nitrogens with one attached hydrogen (secondary N) is 1. The summed E-state index contributed by atoms with van der Waals surface area (Å²) in [7, 11) is 0. The van der Waals surface area contributed by atoms with Gasteiger partial charge in [0, 0.05) is 13.2 Å². The highest BCUT2D eigenvalue weighted by Gasteiger charge is 2.17. The predicted molar refractivity (Wildman–Crippen MR) is 97.0 cm³/mol. The lowest BCUT2D eigenvalue weighted by molar-refractivity contribution is -0.117. The highest BCUT2D eigenvalue weighted by Crippen LogP contribution is 2.15. The van der Waals surface area contributed by atoms with Gasteiger partial charge in [-0.1, -0.05) is 31.9 Å². The first-order valence-corrected chi connectivity index (χ1v) is 8.97. The molecular weight excluding hydrogens is 316 g/mol. The Hall–Kier alpha value is -2.32. The van der Waals surface area contributed by atoms with Crippen molar-refractivity contribution in [3.8, 4) is 11.8 Å². The van der Waals surface area contributed by atoms with Crippen LogP contribution < -0.4 is 10.1 Å². The van der Waals surface area contributed by atoms with Crippen LogP contribution in [0.25, 0.3) is 6.08 Å². The van der Waals surface area contributed by atoms with Crippen LogP contribution >= 0.6 is 0 Å². The molecule has 1 amide bonds. The van der Waals surface area contributed by atoms with Gasteiger partial charge >= 0.3 is 0 Å². The first kappa shape index (κ1) is 19.0. The van der Waals surface area contributed by atoms with Gasteiger partial charge in [0.05, 0.1) is 12.7 Å². The number of unbranched alkanes of at least 4 members (excludes halogenated alkanes) is 2. The molecule has 0 radical (unpaired) electrons. The van der Waals surface area contributed by atoms with Crippen molar-refractivity contribution in [3.63, 3.8) is 0 Å². The van der Waals surface area contributed by atoms with E-state index in [1.165, 1.54) is 6.42 Å². The van der Waals surface area contributed by atoms with Crippen molar-refractivity contribution in [2.45, 2.75) is 45.1 Å². The Bertz CT molecular complexity index is 611. The monoisotopic (exact) mass is 342 g/mol. The first-order valence-electron chi connectivity index (χ1n) is 8.97. The molecule has 1 saturated heterocycles. The van der Waals surface area contributed by atoms with Gasteiger partial charge in [-0.05, 0) is 43.0 Å². The van der Waals surface area contributed by atoms with Crippen LogP contribution in [0.5, 0.6) is 5.75 Å². The second kappa shape index (κ2) is 10.5. The Kier molecular flexibility index (Phi) is 8.00. The summed E-state index contributed by atoms with van der Waals surface area (Å²) >= 11 is 0. The van der Waals surface area contributed by atoms with Crippen LogP contribution in [0, 0.1) is 11.3 Å². The summed E-state index contributed by atoms with van der Waals surface area (Å²) in [6.07, 6.45) is 6.99. The number of benzene rings is 1. The Morgan fingerprint density at radius 3 is 2.84 bits per heavy atom. The van der Waals surface area contributed by atoms with Crippen molar-refractivity contribution in [2.75, 3.05) is 19.8 Å². The second-order valence-corrected chi connectivity index (χ2v) is 6.14. The fourth-order valence-electron chi connectivity index (χ4n) is 2.62. The zero-order chi connectivity index (χ0) is 17.9. The third-order valence-electron chi connectivity index (χ3n) is 4.09. The van der Waals surface area contributed by atoms with Crippen LogP contribution in [0.1, 0.15) is 44.6 Å². The van der Waals surface area contributed by atoms with Crippen LogP contribution in [0.15, 0.2) is 29.8 Å². The van der Waals surface area contributed by atoms with E-state index in [2.05, 4.69) is 12.2 Å². The van der Waals surface area contributed by atoms with Gasteiger partial charge in [-0.15, -0.1) is 0 Å². The standard InChI is InChI=1S/C20H26N2O3/c1-2-3-4-11-24-18-9-7-16(8-10-18)13-17(14-21)20(23)22-15-19-6-5-12-25-19/h7-10,13,19H,2-6,11-12,15H2,1H3,(H,22,23)/b17-13+/t19-/m0/s1. The minimum Gasteiger partial charge on any atom is -0.494 e. The smallest absolute Gasteiger partial charge is 0.262 e. The molecule has 1 aromatic carbocycles. The van der Waals surface area contributed by atoms with Crippen molar-refractivity contribution in [2.24, 2.45) is 0 Å². The zero-order valence-corrected chi connectivity index (χ0v) is 14.8.